The highest BCUT2D eigenvalue weighted by Gasteiger charge is 2.32. The number of rotatable bonds is 3. The summed E-state index contributed by atoms with van der Waals surface area (Å²) < 4.78 is 0. The number of nitrogens with one attached hydrogen (secondary N) is 1. The van der Waals surface area contributed by atoms with E-state index in [-0.39, 0.29) is 11.9 Å². The van der Waals surface area contributed by atoms with Crippen LogP contribution >= 0.6 is 11.6 Å². The van der Waals surface area contributed by atoms with Crippen molar-refractivity contribution in [3.05, 3.63) is 28.5 Å². The number of pyridine rings is 1. The molecule has 1 fully saturated rings. The lowest BCUT2D eigenvalue weighted by molar-refractivity contribution is 0.0926. The average Bonchev–Trinajstić information content (AvgIpc) is 2.69. The van der Waals surface area contributed by atoms with Crippen LogP contribution in [0, 0.1) is 18.8 Å². The van der Waals surface area contributed by atoms with E-state index in [1.807, 2.05) is 6.92 Å². The summed E-state index contributed by atoms with van der Waals surface area (Å²) in [4.78, 5) is 16.3. The fourth-order valence-corrected chi connectivity index (χ4v) is 3.29. The number of nitrogens with zero attached hydrogens (tertiary/aromatic N) is 1. The molecule has 0 radical (unpaired) electrons. The maximum Gasteiger partial charge on any atom is 0.251 e. The Hall–Kier alpha value is -1.09. The van der Waals surface area contributed by atoms with E-state index in [1.54, 1.807) is 12.1 Å². The van der Waals surface area contributed by atoms with Gasteiger partial charge in [-0.15, -0.1) is 0 Å². The number of aryl methyl sites for hydroxylation is 1. The van der Waals surface area contributed by atoms with Crippen molar-refractivity contribution >= 4 is 17.5 Å². The molecule has 0 aromatic carbocycles. The van der Waals surface area contributed by atoms with Crippen molar-refractivity contribution in [3.63, 3.8) is 0 Å². The van der Waals surface area contributed by atoms with Crippen LogP contribution in [0.15, 0.2) is 12.1 Å². The van der Waals surface area contributed by atoms with E-state index in [1.165, 1.54) is 12.8 Å². The van der Waals surface area contributed by atoms with Crippen LogP contribution in [-0.2, 0) is 0 Å². The first kappa shape index (κ1) is 14.3. The van der Waals surface area contributed by atoms with Gasteiger partial charge in [0.15, 0.2) is 0 Å². The fraction of sp³-hybridized carbons (Fsp3) is 0.600. The lowest BCUT2D eigenvalue weighted by Crippen LogP contribution is -2.37. The van der Waals surface area contributed by atoms with Crippen LogP contribution < -0.4 is 5.32 Å². The highest BCUT2D eigenvalue weighted by molar-refractivity contribution is 6.29. The Morgan fingerprint density at radius 3 is 2.79 bits per heavy atom. The second kappa shape index (κ2) is 5.91. The van der Waals surface area contributed by atoms with Gasteiger partial charge in [0.2, 0.25) is 0 Å². The summed E-state index contributed by atoms with van der Waals surface area (Å²) in [6, 6.07) is 3.68. The van der Waals surface area contributed by atoms with Crippen molar-refractivity contribution in [2.75, 3.05) is 0 Å². The van der Waals surface area contributed by atoms with Gasteiger partial charge in [-0.25, -0.2) is 4.98 Å². The van der Waals surface area contributed by atoms with E-state index < -0.39 is 0 Å². The maximum absolute atomic E-state index is 12.2. The Labute approximate surface area is 119 Å². The molecule has 19 heavy (non-hydrogen) atoms. The number of aromatic nitrogens is 1. The Morgan fingerprint density at radius 2 is 2.21 bits per heavy atom. The molecular formula is C15H21ClN2O. The second-order valence-electron chi connectivity index (χ2n) is 5.50. The van der Waals surface area contributed by atoms with Crippen molar-refractivity contribution in [2.45, 2.75) is 46.1 Å². The Bertz CT molecular complexity index is 455. The van der Waals surface area contributed by atoms with Gasteiger partial charge in [-0.1, -0.05) is 31.9 Å². The van der Waals surface area contributed by atoms with Gasteiger partial charge in [0.1, 0.15) is 5.15 Å². The van der Waals surface area contributed by atoms with Crippen LogP contribution in [0.1, 0.15) is 49.2 Å². The first-order valence-electron chi connectivity index (χ1n) is 6.96. The summed E-state index contributed by atoms with van der Waals surface area (Å²) in [5.74, 6) is 1.24. The predicted molar refractivity (Wildman–Crippen MR) is 77.4 cm³/mol. The van der Waals surface area contributed by atoms with Crippen LogP contribution in [0.4, 0.5) is 0 Å². The number of hydrogen-bond acceptors (Lipinski definition) is 2. The standard InChI is InChI=1S/C15H21ClN2O/c1-4-11-5-6-13(10(11)3)18-15(19)12-7-9(2)17-14(16)8-12/h7-8,10-11,13H,4-6H2,1-3H3,(H,18,19). The highest BCUT2D eigenvalue weighted by Crippen LogP contribution is 2.34. The van der Waals surface area contributed by atoms with E-state index in [2.05, 4.69) is 24.1 Å². The number of carbonyl (C=O) groups excluding carboxylic acids is 1. The number of amides is 1. The molecule has 1 aliphatic carbocycles. The molecule has 4 heteroatoms. The number of hydrogen-bond donors (Lipinski definition) is 1. The first-order valence-corrected chi connectivity index (χ1v) is 7.34. The van der Waals surface area contributed by atoms with E-state index in [0.29, 0.717) is 16.6 Å². The molecule has 0 spiro atoms. The zero-order chi connectivity index (χ0) is 14.0. The van der Waals surface area contributed by atoms with Crippen LogP contribution in [-0.4, -0.2) is 16.9 Å². The van der Waals surface area contributed by atoms with Gasteiger partial charge in [0.25, 0.3) is 5.91 Å². The molecule has 2 rings (SSSR count). The molecule has 104 valence electrons. The smallest absolute Gasteiger partial charge is 0.251 e. The summed E-state index contributed by atoms with van der Waals surface area (Å²) in [7, 11) is 0. The molecular weight excluding hydrogens is 260 g/mol. The lowest BCUT2D eigenvalue weighted by Gasteiger charge is -2.21. The third kappa shape index (κ3) is 3.27. The summed E-state index contributed by atoms with van der Waals surface area (Å²) in [5, 5.41) is 3.51. The molecule has 3 atom stereocenters. The van der Waals surface area contributed by atoms with E-state index in [4.69, 9.17) is 11.6 Å². The molecule has 3 nitrogen and oxygen atoms in total. The van der Waals surface area contributed by atoms with Gasteiger partial charge in [-0.05, 0) is 43.7 Å². The van der Waals surface area contributed by atoms with Crippen molar-refractivity contribution in [3.8, 4) is 0 Å². The van der Waals surface area contributed by atoms with E-state index in [9.17, 15) is 4.79 Å². The molecule has 1 N–H and O–H groups in total. The molecule has 0 saturated heterocycles. The van der Waals surface area contributed by atoms with Crippen molar-refractivity contribution < 1.29 is 4.79 Å². The number of carbonyl (C=O) groups is 1. The minimum Gasteiger partial charge on any atom is -0.349 e. The zero-order valence-corrected chi connectivity index (χ0v) is 12.5. The molecule has 0 aliphatic heterocycles. The third-order valence-electron chi connectivity index (χ3n) is 4.25. The minimum atomic E-state index is -0.0407. The number of halogens is 1. The average molecular weight is 281 g/mol. The quantitative estimate of drug-likeness (QED) is 0.860. The normalized spacial score (nSPS) is 26.4. The second-order valence-corrected chi connectivity index (χ2v) is 5.89. The molecule has 1 aromatic rings. The highest BCUT2D eigenvalue weighted by atomic mass is 35.5. The summed E-state index contributed by atoms with van der Waals surface area (Å²) >= 11 is 5.89. The van der Waals surface area contributed by atoms with Crippen LogP contribution in [0.2, 0.25) is 5.15 Å². The summed E-state index contributed by atoms with van der Waals surface area (Å²) in [5.41, 5.74) is 1.37. The van der Waals surface area contributed by atoms with Gasteiger partial charge >= 0.3 is 0 Å². The largest absolute Gasteiger partial charge is 0.349 e. The Kier molecular flexibility index (Phi) is 4.46. The molecule has 1 saturated carbocycles. The minimum absolute atomic E-state index is 0.0407. The summed E-state index contributed by atoms with van der Waals surface area (Å²) in [6.07, 6.45) is 3.47. The molecule has 1 aliphatic rings. The molecule has 0 bridgehead atoms. The van der Waals surface area contributed by atoms with Crippen molar-refractivity contribution in [2.24, 2.45) is 11.8 Å². The van der Waals surface area contributed by atoms with E-state index >= 15 is 0 Å². The van der Waals surface area contributed by atoms with Gasteiger partial charge in [0.05, 0.1) is 0 Å². The lowest BCUT2D eigenvalue weighted by atomic mass is 9.93. The first-order chi connectivity index (χ1) is 9.01. The monoisotopic (exact) mass is 280 g/mol. The van der Waals surface area contributed by atoms with Gasteiger partial charge in [0, 0.05) is 17.3 Å². The predicted octanol–water partition coefficient (Wildman–Crippen LogP) is 3.60. The Morgan fingerprint density at radius 1 is 1.47 bits per heavy atom. The third-order valence-corrected chi connectivity index (χ3v) is 4.45. The van der Waals surface area contributed by atoms with Crippen molar-refractivity contribution in [1.29, 1.82) is 0 Å². The molecule has 3 unspecified atom stereocenters. The van der Waals surface area contributed by atoms with Crippen LogP contribution in [0.3, 0.4) is 0 Å². The maximum atomic E-state index is 12.2. The fourth-order valence-electron chi connectivity index (χ4n) is 3.04. The topological polar surface area (TPSA) is 42.0 Å². The zero-order valence-electron chi connectivity index (χ0n) is 11.7. The summed E-state index contributed by atoms with van der Waals surface area (Å²) in [6.45, 7) is 6.29. The van der Waals surface area contributed by atoms with Crippen molar-refractivity contribution in [1.82, 2.24) is 10.3 Å². The van der Waals surface area contributed by atoms with Gasteiger partial charge < -0.3 is 5.32 Å². The van der Waals surface area contributed by atoms with E-state index in [0.717, 1.165) is 18.0 Å². The van der Waals surface area contributed by atoms with Gasteiger partial charge in [-0.3, -0.25) is 4.79 Å². The molecule has 1 amide bonds. The SMILES string of the molecule is CCC1CCC(NC(=O)c2cc(C)nc(Cl)c2)C1C. The molecule has 1 heterocycles. The molecule has 1 aromatic heterocycles. The van der Waals surface area contributed by atoms with Gasteiger partial charge in [-0.2, -0.15) is 0 Å². The Balaban J connectivity index is 2.05. The van der Waals surface area contributed by atoms with Crippen LogP contribution in [0.5, 0.6) is 0 Å². The van der Waals surface area contributed by atoms with Crippen LogP contribution in [0.25, 0.3) is 0 Å².